The van der Waals surface area contributed by atoms with Crippen LogP contribution in [0.2, 0.25) is 0 Å². The van der Waals surface area contributed by atoms with Gasteiger partial charge in [-0.3, -0.25) is 4.90 Å². The number of benzene rings is 2. The summed E-state index contributed by atoms with van der Waals surface area (Å²) in [7, 11) is 1.64. The highest BCUT2D eigenvalue weighted by atomic mass is 16.5. The van der Waals surface area contributed by atoms with E-state index in [-0.39, 0.29) is 12.1 Å². The molecule has 0 spiro atoms. The number of rotatable bonds is 7. The first-order chi connectivity index (χ1) is 12.8. The Hall–Kier alpha value is -2.53. The summed E-state index contributed by atoms with van der Waals surface area (Å²) >= 11 is 0. The number of hydrogen-bond donors (Lipinski definition) is 2. The van der Waals surface area contributed by atoms with E-state index in [0.717, 1.165) is 24.4 Å². The molecule has 2 aromatic carbocycles. The Morgan fingerprint density at radius 1 is 1.08 bits per heavy atom. The van der Waals surface area contributed by atoms with Gasteiger partial charge >= 0.3 is 6.03 Å². The van der Waals surface area contributed by atoms with Crippen LogP contribution >= 0.6 is 0 Å². The molecule has 5 heteroatoms. The van der Waals surface area contributed by atoms with Crippen molar-refractivity contribution in [2.24, 2.45) is 0 Å². The van der Waals surface area contributed by atoms with Crippen molar-refractivity contribution in [1.29, 1.82) is 0 Å². The Kier molecular flexibility index (Phi) is 6.50. The fourth-order valence-electron chi connectivity index (χ4n) is 3.40. The van der Waals surface area contributed by atoms with Crippen LogP contribution in [0.1, 0.15) is 30.0 Å². The highest BCUT2D eigenvalue weighted by Crippen LogP contribution is 2.24. The zero-order valence-corrected chi connectivity index (χ0v) is 15.3. The Morgan fingerprint density at radius 2 is 1.85 bits per heavy atom. The van der Waals surface area contributed by atoms with E-state index in [2.05, 4.69) is 39.8 Å². The number of methoxy groups -OCH3 is 1. The van der Waals surface area contributed by atoms with Crippen LogP contribution < -0.4 is 15.4 Å². The third-order valence-electron chi connectivity index (χ3n) is 4.81. The van der Waals surface area contributed by atoms with E-state index in [1.165, 1.54) is 18.4 Å². The molecule has 1 saturated heterocycles. The van der Waals surface area contributed by atoms with Gasteiger partial charge in [0, 0.05) is 13.1 Å². The van der Waals surface area contributed by atoms with E-state index in [1.807, 2.05) is 30.3 Å². The van der Waals surface area contributed by atoms with Gasteiger partial charge < -0.3 is 15.4 Å². The summed E-state index contributed by atoms with van der Waals surface area (Å²) < 4.78 is 5.21. The Balaban J connectivity index is 1.53. The fourth-order valence-corrected chi connectivity index (χ4v) is 3.40. The van der Waals surface area contributed by atoms with Crippen molar-refractivity contribution in [2.75, 3.05) is 26.7 Å². The summed E-state index contributed by atoms with van der Waals surface area (Å²) in [6.07, 6.45) is 2.46. The molecule has 1 aliphatic rings. The van der Waals surface area contributed by atoms with E-state index < -0.39 is 0 Å². The molecule has 2 N–H and O–H groups in total. The van der Waals surface area contributed by atoms with Gasteiger partial charge in [0.15, 0.2) is 0 Å². The first kappa shape index (κ1) is 18.3. The minimum Gasteiger partial charge on any atom is -0.497 e. The van der Waals surface area contributed by atoms with Gasteiger partial charge in [-0.15, -0.1) is 0 Å². The maximum atomic E-state index is 12.2. The molecule has 5 nitrogen and oxygen atoms in total. The largest absolute Gasteiger partial charge is 0.497 e. The second kappa shape index (κ2) is 9.25. The van der Waals surface area contributed by atoms with Crippen molar-refractivity contribution in [3.8, 4) is 5.75 Å². The summed E-state index contributed by atoms with van der Waals surface area (Å²) in [5.41, 5.74) is 2.26. The summed E-state index contributed by atoms with van der Waals surface area (Å²) in [6, 6.07) is 18.2. The Morgan fingerprint density at radius 3 is 2.58 bits per heavy atom. The van der Waals surface area contributed by atoms with Crippen molar-refractivity contribution in [3.05, 3.63) is 65.7 Å². The average molecular weight is 353 g/mol. The molecule has 26 heavy (non-hydrogen) atoms. The molecular weight excluding hydrogens is 326 g/mol. The number of carbonyl (C=O) groups is 1. The smallest absolute Gasteiger partial charge is 0.315 e. The predicted molar refractivity (Wildman–Crippen MR) is 103 cm³/mol. The van der Waals surface area contributed by atoms with Crippen molar-refractivity contribution in [2.45, 2.75) is 25.4 Å². The van der Waals surface area contributed by atoms with E-state index in [1.54, 1.807) is 7.11 Å². The van der Waals surface area contributed by atoms with E-state index >= 15 is 0 Å². The lowest BCUT2D eigenvalue weighted by atomic mass is 10.1. The minimum atomic E-state index is -0.145. The van der Waals surface area contributed by atoms with Crippen molar-refractivity contribution >= 4 is 6.03 Å². The Labute approximate surface area is 155 Å². The molecule has 2 amide bonds. The molecule has 138 valence electrons. The zero-order valence-electron chi connectivity index (χ0n) is 15.3. The highest BCUT2D eigenvalue weighted by Gasteiger charge is 2.23. The van der Waals surface area contributed by atoms with Gasteiger partial charge in [-0.25, -0.2) is 4.79 Å². The summed E-state index contributed by atoms with van der Waals surface area (Å²) in [5, 5.41) is 5.96. The van der Waals surface area contributed by atoms with E-state index in [4.69, 9.17) is 4.74 Å². The molecule has 1 fully saturated rings. The maximum Gasteiger partial charge on any atom is 0.315 e. The molecule has 0 aromatic heterocycles. The number of hydrogen-bond acceptors (Lipinski definition) is 3. The van der Waals surface area contributed by atoms with Crippen LogP contribution in [0.4, 0.5) is 4.79 Å². The topological polar surface area (TPSA) is 53.6 Å². The molecule has 3 rings (SSSR count). The number of amides is 2. The van der Waals surface area contributed by atoms with E-state index in [9.17, 15) is 4.79 Å². The molecule has 1 aliphatic heterocycles. The molecule has 1 heterocycles. The van der Waals surface area contributed by atoms with E-state index in [0.29, 0.717) is 13.1 Å². The van der Waals surface area contributed by atoms with Crippen LogP contribution in [0, 0.1) is 0 Å². The fraction of sp³-hybridized carbons (Fsp3) is 0.381. The van der Waals surface area contributed by atoms with Crippen LogP contribution in [0.15, 0.2) is 54.6 Å². The molecule has 0 saturated carbocycles. The van der Waals surface area contributed by atoms with Gasteiger partial charge in [0.1, 0.15) is 5.75 Å². The normalized spacial score (nSPS) is 15.4. The predicted octanol–water partition coefficient (Wildman–Crippen LogP) is 3.33. The number of urea groups is 1. The van der Waals surface area contributed by atoms with Crippen LogP contribution in [-0.4, -0.2) is 37.7 Å². The monoisotopic (exact) mass is 353 g/mol. The summed E-state index contributed by atoms with van der Waals surface area (Å²) in [6.45, 7) is 3.26. The lowest BCUT2D eigenvalue weighted by molar-refractivity contribution is 0.220. The molecule has 0 aliphatic carbocycles. The van der Waals surface area contributed by atoms with Crippen LogP contribution in [0.3, 0.4) is 0 Å². The number of ether oxygens (including phenoxy) is 1. The standard InChI is InChI=1S/C21H27N3O2/c1-26-19-11-7-8-17(14-19)15-22-21(25)23-16-20(24-12-5-6-13-24)18-9-3-2-4-10-18/h2-4,7-11,14,20H,5-6,12-13,15-16H2,1H3,(H2,22,23,25). The number of likely N-dealkylation sites (tertiary alicyclic amines) is 1. The van der Waals surface area contributed by atoms with Crippen molar-refractivity contribution in [1.82, 2.24) is 15.5 Å². The van der Waals surface area contributed by atoms with Gasteiger partial charge in [-0.1, -0.05) is 42.5 Å². The third-order valence-corrected chi connectivity index (χ3v) is 4.81. The highest BCUT2D eigenvalue weighted by molar-refractivity contribution is 5.73. The summed E-state index contributed by atoms with van der Waals surface area (Å²) in [5.74, 6) is 0.794. The van der Waals surface area contributed by atoms with Crippen LogP contribution in [0.25, 0.3) is 0 Å². The minimum absolute atomic E-state index is 0.145. The zero-order chi connectivity index (χ0) is 18.2. The average Bonchev–Trinajstić information content (AvgIpc) is 3.22. The molecule has 1 atom stereocenters. The van der Waals surface area contributed by atoms with Crippen LogP contribution in [-0.2, 0) is 6.54 Å². The first-order valence-corrected chi connectivity index (χ1v) is 9.20. The second-order valence-corrected chi connectivity index (χ2v) is 6.58. The lowest BCUT2D eigenvalue weighted by Gasteiger charge is -2.28. The van der Waals surface area contributed by atoms with Gasteiger partial charge in [0.2, 0.25) is 0 Å². The maximum absolute atomic E-state index is 12.2. The van der Waals surface area contributed by atoms with Gasteiger partial charge in [0.25, 0.3) is 0 Å². The second-order valence-electron chi connectivity index (χ2n) is 6.58. The molecule has 0 bridgehead atoms. The Bertz CT molecular complexity index is 699. The van der Waals surface area contributed by atoms with Gasteiger partial charge in [-0.05, 0) is 49.2 Å². The van der Waals surface area contributed by atoms with Crippen molar-refractivity contribution < 1.29 is 9.53 Å². The third kappa shape index (κ3) is 4.99. The van der Waals surface area contributed by atoms with Gasteiger partial charge in [0.05, 0.1) is 13.2 Å². The quantitative estimate of drug-likeness (QED) is 0.803. The molecule has 0 radical (unpaired) electrons. The number of carbonyl (C=O) groups excluding carboxylic acids is 1. The molecule has 1 unspecified atom stereocenters. The van der Waals surface area contributed by atoms with Crippen molar-refractivity contribution in [3.63, 3.8) is 0 Å². The number of nitrogens with zero attached hydrogens (tertiary/aromatic N) is 1. The van der Waals surface area contributed by atoms with Gasteiger partial charge in [-0.2, -0.15) is 0 Å². The number of nitrogens with one attached hydrogen (secondary N) is 2. The first-order valence-electron chi connectivity index (χ1n) is 9.20. The van der Waals surface area contributed by atoms with Crippen LogP contribution in [0.5, 0.6) is 5.75 Å². The SMILES string of the molecule is COc1cccc(CNC(=O)NCC(c2ccccc2)N2CCCC2)c1. The molecular formula is C21H27N3O2. The summed E-state index contributed by atoms with van der Waals surface area (Å²) in [4.78, 5) is 14.7. The molecule has 2 aromatic rings. The lowest BCUT2D eigenvalue weighted by Crippen LogP contribution is -2.41.